The van der Waals surface area contributed by atoms with Crippen molar-refractivity contribution >= 4 is 30.0 Å². The molecule has 1 aliphatic rings. The third-order valence-electron chi connectivity index (χ3n) is 2.82. The molecule has 2 rings (SSSR count). The Morgan fingerprint density at radius 2 is 2.21 bits per heavy atom. The molecule has 0 saturated carbocycles. The van der Waals surface area contributed by atoms with Gasteiger partial charge in [0.25, 0.3) is 0 Å². The zero-order valence-corrected chi connectivity index (χ0v) is 11.0. The number of hydrogen-bond donors (Lipinski definition) is 2. The summed E-state index contributed by atoms with van der Waals surface area (Å²) in [6.45, 7) is 0. The summed E-state index contributed by atoms with van der Waals surface area (Å²) in [5, 5.41) is 3.21. The van der Waals surface area contributed by atoms with Crippen LogP contribution in [-0.4, -0.2) is 25.0 Å². The maximum atomic E-state index is 13.1. The van der Waals surface area contributed by atoms with Crippen molar-refractivity contribution in [2.45, 2.75) is 12.5 Å². The predicted molar refractivity (Wildman–Crippen MR) is 71.4 cm³/mol. The minimum atomic E-state index is -0.581. The van der Waals surface area contributed by atoms with E-state index in [-0.39, 0.29) is 24.2 Å². The highest BCUT2D eigenvalue weighted by Crippen LogP contribution is 2.31. The third-order valence-corrected chi connectivity index (χ3v) is 2.82. The average Bonchev–Trinajstić information content (AvgIpc) is 2.63. The van der Waals surface area contributed by atoms with Crippen LogP contribution < -0.4 is 16.4 Å². The van der Waals surface area contributed by atoms with Gasteiger partial charge < -0.3 is 21.2 Å². The number of halogens is 2. The molecule has 1 atom stereocenters. The number of rotatable bonds is 2. The van der Waals surface area contributed by atoms with Crippen molar-refractivity contribution in [2.75, 3.05) is 11.9 Å². The highest BCUT2D eigenvalue weighted by atomic mass is 35.5. The molecule has 104 valence electrons. The van der Waals surface area contributed by atoms with Crippen molar-refractivity contribution in [3.8, 4) is 0 Å². The SMILES string of the molecule is CN1c2ccc(F)cc2CC1C(=O)ON=C(N)N.Cl. The van der Waals surface area contributed by atoms with Gasteiger partial charge in [-0.25, -0.2) is 9.18 Å². The van der Waals surface area contributed by atoms with E-state index in [1.807, 2.05) is 0 Å². The topological polar surface area (TPSA) is 93.9 Å². The highest BCUT2D eigenvalue weighted by molar-refractivity contribution is 5.85. The lowest BCUT2D eigenvalue weighted by Gasteiger charge is -2.19. The molecule has 0 saturated heterocycles. The fourth-order valence-corrected chi connectivity index (χ4v) is 1.97. The minimum absolute atomic E-state index is 0. The van der Waals surface area contributed by atoms with Crippen molar-refractivity contribution < 1.29 is 14.0 Å². The molecule has 6 nitrogen and oxygen atoms in total. The fraction of sp³-hybridized carbons (Fsp3) is 0.273. The van der Waals surface area contributed by atoms with Gasteiger partial charge in [0.2, 0.25) is 5.96 Å². The number of guanidine groups is 1. The number of carbonyl (C=O) groups excluding carboxylic acids is 1. The van der Waals surface area contributed by atoms with Crippen LogP contribution in [0.1, 0.15) is 5.56 Å². The molecule has 0 spiro atoms. The molecule has 1 aromatic carbocycles. The molecule has 1 heterocycles. The Bertz CT molecular complexity index is 519. The standard InChI is InChI=1S/C11H13FN4O2.ClH/c1-16-8-3-2-7(12)4-6(8)5-9(16)10(17)18-15-11(13)14;/h2-4,9H,5H2,1H3,(H4,13,14,15);1H. The molecule has 1 unspecified atom stereocenters. The van der Waals surface area contributed by atoms with Gasteiger partial charge in [-0.15, -0.1) is 12.4 Å². The molecular weight excluding hydrogens is 275 g/mol. The lowest BCUT2D eigenvalue weighted by molar-refractivity contribution is -0.145. The monoisotopic (exact) mass is 288 g/mol. The second-order valence-corrected chi connectivity index (χ2v) is 4.03. The number of likely N-dealkylation sites (N-methyl/N-ethyl adjacent to an activating group) is 1. The van der Waals surface area contributed by atoms with Crippen LogP contribution in [0.3, 0.4) is 0 Å². The third kappa shape index (κ3) is 3.05. The van der Waals surface area contributed by atoms with Crippen molar-refractivity contribution in [2.24, 2.45) is 16.6 Å². The molecule has 4 N–H and O–H groups in total. The van der Waals surface area contributed by atoms with Crippen LogP contribution in [0.2, 0.25) is 0 Å². The van der Waals surface area contributed by atoms with E-state index in [1.54, 1.807) is 18.0 Å². The van der Waals surface area contributed by atoms with Gasteiger partial charge in [0, 0.05) is 19.2 Å². The van der Waals surface area contributed by atoms with Crippen LogP contribution in [0.4, 0.5) is 10.1 Å². The first-order valence-electron chi connectivity index (χ1n) is 5.30. The Kier molecular flexibility index (Phi) is 4.55. The first-order chi connectivity index (χ1) is 8.49. The van der Waals surface area contributed by atoms with E-state index in [0.717, 1.165) is 11.3 Å². The number of oxime groups is 1. The summed E-state index contributed by atoms with van der Waals surface area (Å²) in [4.78, 5) is 18.0. The summed E-state index contributed by atoms with van der Waals surface area (Å²) >= 11 is 0. The van der Waals surface area contributed by atoms with Gasteiger partial charge in [-0.1, -0.05) is 0 Å². The Morgan fingerprint density at radius 3 is 2.84 bits per heavy atom. The van der Waals surface area contributed by atoms with Crippen LogP contribution in [0.15, 0.2) is 23.4 Å². The Balaban J connectivity index is 0.00000180. The first-order valence-corrected chi connectivity index (χ1v) is 5.30. The normalized spacial score (nSPS) is 16.3. The van der Waals surface area contributed by atoms with Gasteiger partial charge in [0.1, 0.15) is 11.9 Å². The Hall–Kier alpha value is -2.02. The average molecular weight is 289 g/mol. The van der Waals surface area contributed by atoms with Crippen molar-refractivity contribution in [3.05, 3.63) is 29.6 Å². The largest absolute Gasteiger partial charge is 0.367 e. The van der Waals surface area contributed by atoms with Gasteiger partial charge in [-0.05, 0) is 28.9 Å². The first kappa shape index (κ1) is 15.0. The minimum Gasteiger partial charge on any atom is -0.367 e. The summed E-state index contributed by atoms with van der Waals surface area (Å²) in [5.41, 5.74) is 11.7. The molecule has 19 heavy (non-hydrogen) atoms. The molecule has 0 fully saturated rings. The predicted octanol–water partition coefficient (Wildman–Crippen LogP) is 0.340. The maximum absolute atomic E-state index is 13.1. The molecule has 0 amide bonds. The zero-order valence-electron chi connectivity index (χ0n) is 10.2. The van der Waals surface area contributed by atoms with Gasteiger partial charge in [0.05, 0.1) is 0 Å². The molecule has 8 heteroatoms. The van der Waals surface area contributed by atoms with Crippen LogP contribution in [-0.2, 0) is 16.1 Å². The number of benzene rings is 1. The van der Waals surface area contributed by atoms with E-state index >= 15 is 0 Å². The molecule has 1 aliphatic heterocycles. The summed E-state index contributed by atoms with van der Waals surface area (Å²) in [5.74, 6) is -1.24. The van der Waals surface area contributed by atoms with Gasteiger partial charge in [0.15, 0.2) is 0 Å². The number of nitrogens with two attached hydrogens (primary N) is 2. The number of anilines is 1. The van der Waals surface area contributed by atoms with E-state index in [1.165, 1.54) is 12.1 Å². The molecular formula is C11H14ClFN4O2. The highest BCUT2D eigenvalue weighted by Gasteiger charge is 2.33. The summed E-state index contributed by atoms with van der Waals surface area (Å²) in [6, 6.07) is 3.82. The zero-order chi connectivity index (χ0) is 13.3. The smallest absolute Gasteiger partial charge is 0.357 e. The summed E-state index contributed by atoms with van der Waals surface area (Å²) < 4.78 is 13.1. The number of carbonyl (C=O) groups is 1. The van der Waals surface area contributed by atoms with E-state index in [4.69, 9.17) is 11.5 Å². The van der Waals surface area contributed by atoms with Crippen LogP contribution in [0, 0.1) is 5.82 Å². The Morgan fingerprint density at radius 1 is 1.53 bits per heavy atom. The van der Waals surface area contributed by atoms with Gasteiger partial charge in [-0.2, -0.15) is 0 Å². The van der Waals surface area contributed by atoms with Crippen LogP contribution >= 0.6 is 12.4 Å². The fourth-order valence-electron chi connectivity index (χ4n) is 1.97. The lowest BCUT2D eigenvalue weighted by atomic mass is 10.1. The summed E-state index contributed by atoms with van der Waals surface area (Å²) in [6.07, 6.45) is 0.364. The Labute approximate surface area is 115 Å². The van der Waals surface area contributed by atoms with E-state index in [9.17, 15) is 9.18 Å². The molecule has 1 aromatic rings. The van der Waals surface area contributed by atoms with Gasteiger partial charge in [-0.3, -0.25) is 0 Å². The van der Waals surface area contributed by atoms with E-state index in [0.29, 0.717) is 6.42 Å². The summed E-state index contributed by atoms with van der Waals surface area (Å²) in [7, 11) is 1.73. The molecule has 0 aliphatic carbocycles. The molecule has 0 radical (unpaired) electrons. The molecule has 0 bridgehead atoms. The quantitative estimate of drug-likeness (QED) is 0.354. The maximum Gasteiger partial charge on any atom is 0.357 e. The van der Waals surface area contributed by atoms with Crippen molar-refractivity contribution in [1.29, 1.82) is 0 Å². The molecule has 0 aromatic heterocycles. The number of nitrogens with zero attached hydrogens (tertiary/aromatic N) is 2. The second kappa shape index (κ2) is 5.75. The number of fused-ring (bicyclic) bond motifs is 1. The van der Waals surface area contributed by atoms with Gasteiger partial charge >= 0.3 is 5.97 Å². The second-order valence-electron chi connectivity index (χ2n) is 4.03. The number of hydrogen-bond acceptors (Lipinski definition) is 4. The van der Waals surface area contributed by atoms with Crippen molar-refractivity contribution in [3.63, 3.8) is 0 Å². The van der Waals surface area contributed by atoms with Crippen LogP contribution in [0.5, 0.6) is 0 Å². The van der Waals surface area contributed by atoms with E-state index < -0.39 is 12.0 Å². The van der Waals surface area contributed by atoms with Crippen molar-refractivity contribution in [1.82, 2.24) is 0 Å². The van der Waals surface area contributed by atoms with E-state index in [2.05, 4.69) is 9.99 Å². The lowest BCUT2D eigenvalue weighted by Crippen LogP contribution is -2.37. The van der Waals surface area contributed by atoms with Crippen LogP contribution in [0.25, 0.3) is 0 Å².